The van der Waals surface area contributed by atoms with E-state index < -0.39 is 0 Å². The Morgan fingerprint density at radius 3 is 2.75 bits per heavy atom. The standard InChI is InChI=1S/C12H10N2O2/c1-3-10(15-7-1)9-14-6-5-13-12(14)11-4-2-8-16-11/h1-8H,9H2. The molecule has 0 aliphatic heterocycles. The van der Waals surface area contributed by atoms with Crippen molar-refractivity contribution < 1.29 is 8.83 Å². The second kappa shape index (κ2) is 3.73. The Morgan fingerprint density at radius 2 is 2.00 bits per heavy atom. The van der Waals surface area contributed by atoms with Gasteiger partial charge in [0.2, 0.25) is 0 Å². The van der Waals surface area contributed by atoms with E-state index in [1.165, 1.54) is 0 Å². The average molecular weight is 214 g/mol. The third-order valence-corrected chi connectivity index (χ3v) is 2.36. The largest absolute Gasteiger partial charge is 0.467 e. The first-order valence-electron chi connectivity index (χ1n) is 5.01. The first kappa shape index (κ1) is 9.03. The molecule has 4 nitrogen and oxygen atoms in total. The Labute approximate surface area is 92.1 Å². The van der Waals surface area contributed by atoms with Crippen LogP contribution in [0, 0.1) is 0 Å². The summed E-state index contributed by atoms with van der Waals surface area (Å²) in [5, 5.41) is 0. The Hall–Kier alpha value is -2.23. The summed E-state index contributed by atoms with van der Waals surface area (Å²) in [6, 6.07) is 7.55. The lowest BCUT2D eigenvalue weighted by atomic mass is 10.4. The number of hydrogen-bond acceptors (Lipinski definition) is 3. The van der Waals surface area contributed by atoms with Crippen LogP contribution in [0.5, 0.6) is 0 Å². The van der Waals surface area contributed by atoms with Crippen molar-refractivity contribution >= 4 is 0 Å². The summed E-state index contributed by atoms with van der Waals surface area (Å²) in [5.74, 6) is 2.46. The normalized spacial score (nSPS) is 10.8. The zero-order valence-electron chi connectivity index (χ0n) is 8.54. The van der Waals surface area contributed by atoms with Crippen LogP contribution in [0.2, 0.25) is 0 Å². The quantitative estimate of drug-likeness (QED) is 0.673. The van der Waals surface area contributed by atoms with Gasteiger partial charge in [0.1, 0.15) is 5.76 Å². The van der Waals surface area contributed by atoms with Gasteiger partial charge in [0, 0.05) is 12.4 Å². The second-order valence-electron chi connectivity index (χ2n) is 3.44. The van der Waals surface area contributed by atoms with Gasteiger partial charge in [-0.1, -0.05) is 0 Å². The van der Waals surface area contributed by atoms with Crippen molar-refractivity contribution in [2.24, 2.45) is 0 Å². The molecule has 0 spiro atoms. The summed E-state index contributed by atoms with van der Waals surface area (Å²) in [7, 11) is 0. The van der Waals surface area contributed by atoms with Crippen LogP contribution >= 0.6 is 0 Å². The smallest absolute Gasteiger partial charge is 0.176 e. The van der Waals surface area contributed by atoms with Gasteiger partial charge in [-0.15, -0.1) is 0 Å². The van der Waals surface area contributed by atoms with E-state index in [-0.39, 0.29) is 0 Å². The summed E-state index contributed by atoms with van der Waals surface area (Å²) >= 11 is 0. The van der Waals surface area contributed by atoms with Crippen LogP contribution in [0.15, 0.2) is 58.0 Å². The van der Waals surface area contributed by atoms with Crippen molar-refractivity contribution in [2.45, 2.75) is 6.54 Å². The lowest BCUT2D eigenvalue weighted by Crippen LogP contribution is -1.99. The predicted molar refractivity (Wildman–Crippen MR) is 57.7 cm³/mol. The average Bonchev–Trinajstić information content (AvgIpc) is 2.98. The van der Waals surface area contributed by atoms with Crippen LogP contribution in [0.1, 0.15) is 5.76 Å². The predicted octanol–water partition coefficient (Wildman–Crippen LogP) is 2.78. The summed E-state index contributed by atoms with van der Waals surface area (Å²) in [6.07, 6.45) is 6.96. The topological polar surface area (TPSA) is 44.1 Å². The van der Waals surface area contributed by atoms with Crippen molar-refractivity contribution in [3.05, 3.63) is 54.9 Å². The molecule has 0 bridgehead atoms. The maximum Gasteiger partial charge on any atom is 0.176 e. The Morgan fingerprint density at radius 1 is 1.12 bits per heavy atom. The van der Waals surface area contributed by atoms with E-state index in [4.69, 9.17) is 8.83 Å². The van der Waals surface area contributed by atoms with Crippen molar-refractivity contribution in [3.63, 3.8) is 0 Å². The minimum atomic E-state index is 0.656. The molecule has 0 amide bonds. The number of imidazole rings is 1. The van der Waals surface area contributed by atoms with Gasteiger partial charge in [-0.05, 0) is 24.3 Å². The zero-order valence-corrected chi connectivity index (χ0v) is 8.54. The lowest BCUT2D eigenvalue weighted by molar-refractivity contribution is 0.492. The Kier molecular flexibility index (Phi) is 2.11. The van der Waals surface area contributed by atoms with Crippen molar-refractivity contribution in [1.29, 1.82) is 0 Å². The summed E-state index contributed by atoms with van der Waals surface area (Å²) in [6.45, 7) is 0.656. The molecule has 4 heteroatoms. The molecule has 0 saturated heterocycles. The maximum atomic E-state index is 5.32. The molecular formula is C12H10N2O2. The van der Waals surface area contributed by atoms with Crippen molar-refractivity contribution in [2.75, 3.05) is 0 Å². The van der Waals surface area contributed by atoms with E-state index >= 15 is 0 Å². The summed E-state index contributed by atoms with van der Waals surface area (Å²) in [4.78, 5) is 4.27. The fraction of sp³-hybridized carbons (Fsp3) is 0.0833. The molecule has 80 valence electrons. The fourth-order valence-electron chi connectivity index (χ4n) is 1.64. The first-order chi connectivity index (χ1) is 7.93. The van der Waals surface area contributed by atoms with E-state index in [1.54, 1.807) is 18.7 Å². The SMILES string of the molecule is c1coc(Cn2ccnc2-c2ccco2)c1. The minimum absolute atomic E-state index is 0.656. The Bertz CT molecular complexity index is 550. The van der Waals surface area contributed by atoms with Crippen LogP contribution < -0.4 is 0 Å². The van der Waals surface area contributed by atoms with Gasteiger partial charge >= 0.3 is 0 Å². The lowest BCUT2D eigenvalue weighted by Gasteiger charge is -2.03. The highest BCUT2D eigenvalue weighted by molar-refractivity contribution is 5.46. The van der Waals surface area contributed by atoms with Gasteiger partial charge < -0.3 is 13.4 Å². The van der Waals surface area contributed by atoms with E-state index in [1.807, 2.05) is 35.0 Å². The van der Waals surface area contributed by atoms with Crippen molar-refractivity contribution in [1.82, 2.24) is 9.55 Å². The summed E-state index contributed by atoms with van der Waals surface area (Å²) in [5.41, 5.74) is 0. The van der Waals surface area contributed by atoms with Gasteiger partial charge in [-0.2, -0.15) is 0 Å². The Balaban J connectivity index is 1.94. The molecule has 16 heavy (non-hydrogen) atoms. The second-order valence-corrected chi connectivity index (χ2v) is 3.44. The first-order valence-corrected chi connectivity index (χ1v) is 5.01. The molecule has 0 aliphatic rings. The molecule has 0 saturated carbocycles. The maximum absolute atomic E-state index is 5.32. The molecule has 3 aromatic heterocycles. The number of rotatable bonds is 3. The van der Waals surface area contributed by atoms with Crippen LogP contribution in [-0.2, 0) is 6.54 Å². The van der Waals surface area contributed by atoms with Crippen molar-refractivity contribution in [3.8, 4) is 11.6 Å². The third kappa shape index (κ3) is 1.54. The summed E-state index contributed by atoms with van der Waals surface area (Å²) < 4.78 is 12.6. The highest BCUT2D eigenvalue weighted by atomic mass is 16.3. The van der Waals surface area contributed by atoms with E-state index in [0.29, 0.717) is 6.54 Å². The molecule has 3 rings (SSSR count). The molecule has 0 atom stereocenters. The van der Waals surface area contributed by atoms with Gasteiger partial charge in [0.15, 0.2) is 11.6 Å². The van der Waals surface area contributed by atoms with Gasteiger partial charge in [-0.25, -0.2) is 4.98 Å². The number of aromatic nitrogens is 2. The van der Waals surface area contributed by atoms with Crippen LogP contribution in [-0.4, -0.2) is 9.55 Å². The van der Waals surface area contributed by atoms with Gasteiger partial charge in [-0.3, -0.25) is 0 Å². The molecular weight excluding hydrogens is 204 g/mol. The van der Waals surface area contributed by atoms with Crippen LogP contribution in [0.3, 0.4) is 0 Å². The molecule has 0 aliphatic carbocycles. The molecule has 3 heterocycles. The minimum Gasteiger partial charge on any atom is -0.467 e. The highest BCUT2D eigenvalue weighted by Gasteiger charge is 2.09. The molecule has 0 N–H and O–H groups in total. The molecule has 3 aromatic rings. The number of nitrogens with zero attached hydrogens (tertiary/aromatic N) is 2. The fourth-order valence-corrected chi connectivity index (χ4v) is 1.64. The van der Waals surface area contributed by atoms with Gasteiger partial charge in [0.05, 0.1) is 19.1 Å². The van der Waals surface area contributed by atoms with Crippen LogP contribution in [0.25, 0.3) is 11.6 Å². The zero-order chi connectivity index (χ0) is 10.8. The third-order valence-electron chi connectivity index (χ3n) is 2.36. The molecule has 0 aromatic carbocycles. The van der Waals surface area contributed by atoms with E-state index in [2.05, 4.69) is 4.98 Å². The molecule has 0 radical (unpaired) electrons. The van der Waals surface area contributed by atoms with E-state index in [0.717, 1.165) is 17.3 Å². The molecule has 0 unspecified atom stereocenters. The number of furan rings is 2. The van der Waals surface area contributed by atoms with E-state index in [9.17, 15) is 0 Å². The molecule has 0 fully saturated rings. The highest BCUT2D eigenvalue weighted by Crippen LogP contribution is 2.18. The van der Waals surface area contributed by atoms with Crippen LogP contribution in [0.4, 0.5) is 0 Å². The number of hydrogen-bond donors (Lipinski definition) is 0. The van der Waals surface area contributed by atoms with Gasteiger partial charge in [0.25, 0.3) is 0 Å². The monoisotopic (exact) mass is 214 g/mol.